The Morgan fingerprint density at radius 2 is 2.19 bits per heavy atom. The van der Waals surface area contributed by atoms with Gasteiger partial charge in [0.1, 0.15) is 5.75 Å². The molecule has 16 heavy (non-hydrogen) atoms. The Balaban J connectivity index is 2.60. The highest BCUT2D eigenvalue weighted by Crippen LogP contribution is 2.26. The van der Waals surface area contributed by atoms with E-state index in [0.29, 0.717) is 10.9 Å². The Labute approximate surface area is 103 Å². The Morgan fingerprint density at radius 1 is 1.44 bits per heavy atom. The molecule has 3 heteroatoms. The van der Waals surface area contributed by atoms with Gasteiger partial charge in [0, 0.05) is 6.54 Å². The quantitative estimate of drug-likeness (QED) is 0.823. The smallest absolute Gasteiger partial charge is 0.137 e. The molecule has 1 rings (SSSR count). The van der Waals surface area contributed by atoms with E-state index >= 15 is 0 Å². The molecule has 90 valence electrons. The lowest BCUT2D eigenvalue weighted by Crippen LogP contribution is -2.08. The maximum absolute atomic E-state index is 6.14. The van der Waals surface area contributed by atoms with Crippen LogP contribution in [0.5, 0.6) is 5.75 Å². The highest BCUT2D eigenvalue weighted by Gasteiger charge is 2.05. The molecule has 0 aliphatic rings. The van der Waals surface area contributed by atoms with E-state index in [-0.39, 0.29) is 0 Å². The summed E-state index contributed by atoms with van der Waals surface area (Å²) in [5.74, 6) is 1.34. The van der Waals surface area contributed by atoms with Crippen molar-refractivity contribution in [3.05, 3.63) is 28.8 Å². The van der Waals surface area contributed by atoms with Crippen LogP contribution >= 0.6 is 11.6 Å². The molecule has 0 aromatic heterocycles. The zero-order valence-electron chi connectivity index (χ0n) is 10.2. The molecule has 0 spiro atoms. The summed E-state index contributed by atoms with van der Waals surface area (Å²) in [6.07, 6.45) is 1.12. The van der Waals surface area contributed by atoms with Gasteiger partial charge in [-0.15, -0.1) is 0 Å². The van der Waals surface area contributed by atoms with Gasteiger partial charge in [-0.3, -0.25) is 0 Å². The second-order valence-electron chi connectivity index (χ2n) is 4.12. The van der Waals surface area contributed by atoms with Crippen LogP contribution in [0.4, 0.5) is 0 Å². The third kappa shape index (κ3) is 4.03. The average molecular weight is 242 g/mol. The zero-order valence-corrected chi connectivity index (χ0v) is 11.0. The van der Waals surface area contributed by atoms with Gasteiger partial charge in [-0.1, -0.05) is 37.9 Å². The molecule has 0 aliphatic heterocycles. The van der Waals surface area contributed by atoms with Gasteiger partial charge in [0.2, 0.25) is 0 Å². The second kappa shape index (κ2) is 6.77. The zero-order chi connectivity index (χ0) is 12.0. The molecule has 0 amide bonds. The largest absolute Gasteiger partial charge is 0.492 e. The fraction of sp³-hybridized carbons (Fsp3) is 0.538. The topological polar surface area (TPSA) is 21.3 Å². The summed E-state index contributed by atoms with van der Waals surface area (Å²) in [4.78, 5) is 0. The lowest BCUT2D eigenvalue weighted by molar-refractivity contribution is 0.256. The van der Waals surface area contributed by atoms with Crippen LogP contribution in [0, 0.1) is 5.92 Å². The van der Waals surface area contributed by atoms with Crippen molar-refractivity contribution >= 4 is 11.6 Å². The molecular formula is C13H20ClNO. The van der Waals surface area contributed by atoms with Gasteiger partial charge in [0.05, 0.1) is 11.6 Å². The minimum atomic E-state index is 0.563. The van der Waals surface area contributed by atoms with Crippen LogP contribution in [-0.2, 0) is 6.54 Å². The van der Waals surface area contributed by atoms with E-state index in [9.17, 15) is 0 Å². The fourth-order valence-corrected chi connectivity index (χ4v) is 1.58. The van der Waals surface area contributed by atoms with E-state index in [1.165, 1.54) is 5.56 Å². The summed E-state index contributed by atoms with van der Waals surface area (Å²) in [5, 5.41) is 3.78. The summed E-state index contributed by atoms with van der Waals surface area (Å²) >= 11 is 6.14. The molecule has 1 aromatic carbocycles. The number of hydrogen-bond acceptors (Lipinski definition) is 2. The number of benzene rings is 1. The number of nitrogens with one attached hydrogen (secondary N) is 1. The highest BCUT2D eigenvalue weighted by atomic mass is 35.5. The van der Waals surface area contributed by atoms with Crippen LogP contribution in [0.1, 0.15) is 25.8 Å². The summed E-state index contributed by atoms with van der Waals surface area (Å²) in [7, 11) is 1.92. The van der Waals surface area contributed by atoms with E-state index in [2.05, 4.69) is 19.2 Å². The molecule has 2 nitrogen and oxygen atoms in total. The van der Waals surface area contributed by atoms with Crippen molar-refractivity contribution in [2.75, 3.05) is 13.7 Å². The number of rotatable bonds is 6. The maximum atomic E-state index is 6.14. The van der Waals surface area contributed by atoms with Crippen molar-refractivity contribution in [1.82, 2.24) is 5.32 Å². The molecule has 0 heterocycles. The van der Waals surface area contributed by atoms with E-state index in [0.717, 1.165) is 25.3 Å². The predicted molar refractivity (Wildman–Crippen MR) is 69.2 cm³/mol. The standard InChI is InChI=1S/C13H20ClNO/c1-4-10(2)9-16-13-6-5-11(8-15-3)7-12(13)14/h5-7,10,15H,4,8-9H2,1-3H3. The van der Waals surface area contributed by atoms with Crippen LogP contribution in [0.15, 0.2) is 18.2 Å². The molecule has 0 bridgehead atoms. The predicted octanol–water partition coefficient (Wildman–Crippen LogP) is 3.48. The first-order valence-corrected chi connectivity index (χ1v) is 6.11. The lowest BCUT2D eigenvalue weighted by atomic mass is 10.1. The Bertz CT molecular complexity index is 328. The average Bonchev–Trinajstić information content (AvgIpc) is 2.28. The van der Waals surface area contributed by atoms with Crippen molar-refractivity contribution < 1.29 is 4.74 Å². The van der Waals surface area contributed by atoms with Crippen LogP contribution in [-0.4, -0.2) is 13.7 Å². The molecule has 0 saturated carbocycles. The van der Waals surface area contributed by atoms with Crippen LogP contribution < -0.4 is 10.1 Å². The third-order valence-corrected chi connectivity index (χ3v) is 2.89. The van der Waals surface area contributed by atoms with Crippen LogP contribution in [0.2, 0.25) is 5.02 Å². The van der Waals surface area contributed by atoms with Gasteiger partial charge >= 0.3 is 0 Å². The van der Waals surface area contributed by atoms with Crippen molar-refractivity contribution in [2.45, 2.75) is 26.8 Å². The van der Waals surface area contributed by atoms with Crippen LogP contribution in [0.25, 0.3) is 0 Å². The summed E-state index contributed by atoms with van der Waals surface area (Å²) < 4.78 is 5.67. The van der Waals surface area contributed by atoms with Crippen molar-refractivity contribution in [3.63, 3.8) is 0 Å². The van der Waals surface area contributed by atoms with Gasteiger partial charge in [-0.25, -0.2) is 0 Å². The molecule has 1 N–H and O–H groups in total. The Hall–Kier alpha value is -0.730. The van der Waals surface area contributed by atoms with Gasteiger partial charge in [0.25, 0.3) is 0 Å². The number of halogens is 1. The van der Waals surface area contributed by atoms with E-state index in [1.54, 1.807) is 0 Å². The van der Waals surface area contributed by atoms with Crippen LogP contribution in [0.3, 0.4) is 0 Å². The molecule has 0 aliphatic carbocycles. The summed E-state index contributed by atoms with van der Waals surface area (Å²) in [6.45, 7) is 5.88. The van der Waals surface area contributed by atoms with Crippen molar-refractivity contribution in [2.24, 2.45) is 5.92 Å². The summed E-state index contributed by atoms with van der Waals surface area (Å²) in [6, 6.07) is 5.93. The Kier molecular flexibility index (Phi) is 5.64. The van der Waals surface area contributed by atoms with Gasteiger partial charge in [0.15, 0.2) is 0 Å². The minimum Gasteiger partial charge on any atom is -0.492 e. The SMILES string of the molecule is CCC(C)COc1ccc(CNC)cc1Cl. The van der Waals surface area contributed by atoms with Gasteiger partial charge in [-0.05, 0) is 30.7 Å². The first-order valence-electron chi connectivity index (χ1n) is 5.73. The monoisotopic (exact) mass is 241 g/mol. The minimum absolute atomic E-state index is 0.563. The van der Waals surface area contributed by atoms with Crippen molar-refractivity contribution in [3.8, 4) is 5.75 Å². The second-order valence-corrected chi connectivity index (χ2v) is 4.53. The first-order chi connectivity index (χ1) is 7.67. The molecule has 1 unspecified atom stereocenters. The summed E-state index contributed by atoms with van der Waals surface area (Å²) in [5.41, 5.74) is 1.17. The lowest BCUT2D eigenvalue weighted by Gasteiger charge is -2.12. The van der Waals surface area contributed by atoms with E-state index in [4.69, 9.17) is 16.3 Å². The molecule has 1 atom stereocenters. The molecule has 0 radical (unpaired) electrons. The molecule has 1 aromatic rings. The third-order valence-electron chi connectivity index (χ3n) is 2.60. The van der Waals surface area contributed by atoms with Gasteiger partial charge < -0.3 is 10.1 Å². The van der Waals surface area contributed by atoms with Gasteiger partial charge in [-0.2, -0.15) is 0 Å². The fourth-order valence-electron chi connectivity index (χ4n) is 1.33. The normalized spacial score (nSPS) is 12.5. The first kappa shape index (κ1) is 13.3. The van der Waals surface area contributed by atoms with E-state index < -0.39 is 0 Å². The highest BCUT2D eigenvalue weighted by molar-refractivity contribution is 6.32. The Morgan fingerprint density at radius 3 is 2.75 bits per heavy atom. The van der Waals surface area contributed by atoms with Crippen molar-refractivity contribution in [1.29, 1.82) is 0 Å². The number of ether oxygens (including phenoxy) is 1. The number of hydrogen-bond donors (Lipinski definition) is 1. The van der Waals surface area contributed by atoms with E-state index in [1.807, 2.05) is 25.2 Å². The molecular weight excluding hydrogens is 222 g/mol. The molecule has 0 fully saturated rings. The maximum Gasteiger partial charge on any atom is 0.137 e. The molecule has 0 saturated heterocycles.